The summed E-state index contributed by atoms with van der Waals surface area (Å²) in [4.78, 5) is 28.0. The summed E-state index contributed by atoms with van der Waals surface area (Å²) in [6, 6.07) is 0.160. The van der Waals surface area contributed by atoms with Gasteiger partial charge in [0.1, 0.15) is 9.84 Å². The molecule has 1 saturated heterocycles. The van der Waals surface area contributed by atoms with E-state index in [0.29, 0.717) is 58.2 Å². The van der Waals surface area contributed by atoms with Crippen LogP contribution >= 0.6 is 0 Å². The van der Waals surface area contributed by atoms with Crippen LogP contribution in [-0.4, -0.2) is 87.5 Å². The normalized spacial score (nSPS) is 19.7. The number of nitrogens with zero attached hydrogens (tertiary/aromatic N) is 2. The lowest BCUT2D eigenvalue weighted by atomic mass is 9.96. The summed E-state index contributed by atoms with van der Waals surface area (Å²) < 4.78 is 22.5. The summed E-state index contributed by atoms with van der Waals surface area (Å²) in [6.45, 7) is 3.72. The SMILES string of the molecule is CS(=O)(=O)CCN1CCN(C(=O)CCCNC(=O)NC2CCCCC2)CC1. The summed E-state index contributed by atoms with van der Waals surface area (Å²) in [7, 11) is -2.95. The lowest BCUT2D eigenvalue weighted by Gasteiger charge is -2.34. The summed E-state index contributed by atoms with van der Waals surface area (Å²) in [5.41, 5.74) is 0. The predicted octanol–water partition coefficient (Wildman–Crippen LogP) is 0.587. The van der Waals surface area contributed by atoms with Crippen LogP contribution in [0, 0.1) is 0 Å². The molecule has 9 heteroatoms. The van der Waals surface area contributed by atoms with Crippen molar-refractivity contribution in [1.29, 1.82) is 0 Å². The van der Waals surface area contributed by atoms with Crippen LogP contribution in [-0.2, 0) is 14.6 Å². The third-order valence-corrected chi connectivity index (χ3v) is 6.22. The number of carbonyl (C=O) groups excluding carboxylic acids is 2. The van der Waals surface area contributed by atoms with Gasteiger partial charge in [-0.25, -0.2) is 13.2 Å². The third-order valence-electron chi connectivity index (χ3n) is 5.30. The number of rotatable bonds is 8. The van der Waals surface area contributed by atoms with Crippen molar-refractivity contribution in [3.63, 3.8) is 0 Å². The van der Waals surface area contributed by atoms with Crippen molar-refractivity contribution in [2.45, 2.75) is 51.0 Å². The van der Waals surface area contributed by atoms with Crippen molar-refractivity contribution in [2.24, 2.45) is 0 Å². The van der Waals surface area contributed by atoms with Gasteiger partial charge < -0.3 is 15.5 Å². The van der Waals surface area contributed by atoms with Gasteiger partial charge >= 0.3 is 6.03 Å². The molecule has 3 amide bonds. The van der Waals surface area contributed by atoms with Gasteiger partial charge in [0.15, 0.2) is 0 Å². The minimum atomic E-state index is -2.95. The van der Waals surface area contributed by atoms with Crippen molar-refractivity contribution in [3.05, 3.63) is 0 Å². The standard InChI is InChI=1S/C18H34N4O4S/c1-27(25,26)15-14-21-10-12-22(13-11-21)17(23)8-5-9-19-18(24)20-16-6-3-2-4-7-16/h16H,2-15H2,1H3,(H2,19,20,24). The van der Waals surface area contributed by atoms with Crippen LogP contribution in [0.2, 0.25) is 0 Å². The maximum absolute atomic E-state index is 12.3. The van der Waals surface area contributed by atoms with E-state index in [0.717, 1.165) is 12.8 Å². The Bertz CT molecular complexity index is 582. The molecule has 0 atom stereocenters. The molecule has 0 aromatic rings. The third kappa shape index (κ3) is 8.92. The zero-order valence-corrected chi connectivity index (χ0v) is 17.2. The van der Waals surface area contributed by atoms with E-state index in [-0.39, 0.29) is 17.7 Å². The molecule has 27 heavy (non-hydrogen) atoms. The van der Waals surface area contributed by atoms with E-state index in [1.165, 1.54) is 25.5 Å². The molecule has 1 aliphatic carbocycles. The van der Waals surface area contributed by atoms with E-state index in [4.69, 9.17) is 0 Å². The highest BCUT2D eigenvalue weighted by Gasteiger charge is 2.21. The largest absolute Gasteiger partial charge is 0.340 e. The molecule has 0 unspecified atom stereocenters. The van der Waals surface area contributed by atoms with Crippen LogP contribution in [0.15, 0.2) is 0 Å². The molecule has 8 nitrogen and oxygen atoms in total. The molecule has 0 aromatic heterocycles. The number of piperazine rings is 1. The molecule has 2 aliphatic rings. The highest BCUT2D eigenvalue weighted by atomic mass is 32.2. The van der Waals surface area contributed by atoms with Gasteiger partial charge in [0.2, 0.25) is 5.91 Å². The van der Waals surface area contributed by atoms with Gasteiger partial charge in [-0.05, 0) is 19.3 Å². The topological polar surface area (TPSA) is 98.8 Å². The van der Waals surface area contributed by atoms with E-state index in [1.54, 1.807) is 0 Å². The van der Waals surface area contributed by atoms with Crippen LogP contribution in [0.4, 0.5) is 4.79 Å². The molecule has 0 spiro atoms. The van der Waals surface area contributed by atoms with Crippen LogP contribution in [0.5, 0.6) is 0 Å². The highest BCUT2D eigenvalue weighted by molar-refractivity contribution is 7.90. The Morgan fingerprint density at radius 1 is 1.04 bits per heavy atom. The Balaban J connectivity index is 1.54. The van der Waals surface area contributed by atoms with Gasteiger partial charge in [0.25, 0.3) is 0 Å². The molecule has 1 aliphatic heterocycles. The lowest BCUT2D eigenvalue weighted by molar-refractivity contribution is -0.133. The molecule has 156 valence electrons. The Labute approximate surface area is 162 Å². The van der Waals surface area contributed by atoms with Gasteiger partial charge in [-0.1, -0.05) is 19.3 Å². The number of hydrogen-bond donors (Lipinski definition) is 2. The molecular formula is C18H34N4O4S. The number of amides is 3. The first-order valence-electron chi connectivity index (χ1n) is 10.1. The zero-order valence-electron chi connectivity index (χ0n) is 16.4. The fourth-order valence-electron chi connectivity index (χ4n) is 3.60. The van der Waals surface area contributed by atoms with Crippen LogP contribution in [0.1, 0.15) is 44.9 Å². The molecule has 2 N–H and O–H groups in total. The second-order valence-corrected chi connectivity index (χ2v) is 9.95. The molecule has 2 fully saturated rings. The van der Waals surface area contributed by atoms with Crippen LogP contribution < -0.4 is 10.6 Å². The number of urea groups is 1. The molecule has 0 bridgehead atoms. The summed E-state index contributed by atoms with van der Waals surface area (Å²) >= 11 is 0. The van der Waals surface area contributed by atoms with Gasteiger partial charge in [-0.3, -0.25) is 9.69 Å². The quantitative estimate of drug-likeness (QED) is 0.579. The van der Waals surface area contributed by atoms with Gasteiger partial charge in [-0.2, -0.15) is 0 Å². The second kappa shape index (κ2) is 10.8. The molecule has 0 radical (unpaired) electrons. The minimum Gasteiger partial charge on any atom is -0.340 e. The molecule has 2 rings (SSSR count). The number of nitrogens with one attached hydrogen (secondary N) is 2. The lowest BCUT2D eigenvalue weighted by Crippen LogP contribution is -2.49. The second-order valence-electron chi connectivity index (χ2n) is 7.69. The maximum Gasteiger partial charge on any atom is 0.315 e. The number of carbonyl (C=O) groups is 2. The van der Waals surface area contributed by atoms with Crippen molar-refractivity contribution >= 4 is 21.8 Å². The first kappa shape index (κ1) is 21.9. The van der Waals surface area contributed by atoms with Gasteiger partial charge in [0.05, 0.1) is 5.75 Å². The first-order chi connectivity index (χ1) is 12.8. The van der Waals surface area contributed by atoms with E-state index in [1.807, 2.05) is 4.90 Å². The Morgan fingerprint density at radius 3 is 2.33 bits per heavy atom. The molecule has 1 heterocycles. The fourth-order valence-corrected chi connectivity index (χ4v) is 4.19. The van der Waals surface area contributed by atoms with E-state index >= 15 is 0 Å². The average molecular weight is 403 g/mol. The van der Waals surface area contributed by atoms with Crippen molar-refractivity contribution < 1.29 is 18.0 Å². The smallest absolute Gasteiger partial charge is 0.315 e. The monoisotopic (exact) mass is 402 g/mol. The van der Waals surface area contributed by atoms with Gasteiger partial charge in [-0.15, -0.1) is 0 Å². The Morgan fingerprint density at radius 2 is 1.70 bits per heavy atom. The first-order valence-corrected chi connectivity index (χ1v) is 12.1. The average Bonchev–Trinajstić information content (AvgIpc) is 2.64. The van der Waals surface area contributed by atoms with Crippen molar-refractivity contribution in [2.75, 3.05) is 51.3 Å². The van der Waals surface area contributed by atoms with Crippen molar-refractivity contribution in [3.8, 4) is 0 Å². The highest BCUT2D eigenvalue weighted by Crippen LogP contribution is 2.17. The predicted molar refractivity (Wildman–Crippen MR) is 105 cm³/mol. The summed E-state index contributed by atoms with van der Waals surface area (Å²) in [5.74, 6) is 0.266. The molecule has 1 saturated carbocycles. The number of hydrogen-bond acceptors (Lipinski definition) is 5. The van der Waals surface area contributed by atoms with Crippen LogP contribution in [0.25, 0.3) is 0 Å². The Hall–Kier alpha value is -1.35. The molecular weight excluding hydrogens is 368 g/mol. The van der Waals surface area contributed by atoms with Crippen LogP contribution in [0.3, 0.4) is 0 Å². The van der Waals surface area contributed by atoms with E-state index < -0.39 is 9.84 Å². The number of sulfone groups is 1. The minimum absolute atomic E-state index is 0.104. The van der Waals surface area contributed by atoms with E-state index in [9.17, 15) is 18.0 Å². The van der Waals surface area contributed by atoms with Gasteiger partial charge in [0, 0.05) is 58.0 Å². The van der Waals surface area contributed by atoms with E-state index in [2.05, 4.69) is 15.5 Å². The maximum atomic E-state index is 12.3. The zero-order chi connectivity index (χ0) is 19.7. The van der Waals surface area contributed by atoms with Crippen molar-refractivity contribution in [1.82, 2.24) is 20.4 Å². The summed E-state index contributed by atoms with van der Waals surface area (Å²) in [5, 5.41) is 5.84. The summed E-state index contributed by atoms with van der Waals surface area (Å²) in [6.07, 6.45) is 8.04. The molecule has 0 aromatic carbocycles. The fraction of sp³-hybridized carbons (Fsp3) is 0.889. The Kier molecular flexibility index (Phi) is 8.82.